The standard InChI is InChI=1S/C13H13N3O3/c1-15-11-7-9(13(18)19)3-4-10(11)16(6-2-5-14)8-12(15)17/h3-4,7H,2,6,8H2,1H3,(H,18,19). The Morgan fingerprint density at radius 2 is 2.21 bits per heavy atom. The van der Waals surface area contributed by atoms with Gasteiger partial charge in [-0.1, -0.05) is 0 Å². The largest absolute Gasteiger partial charge is 0.478 e. The second-order valence-electron chi connectivity index (χ2n) is 4.29. The van der Waals surface area contributed by atoms with Gasteiger partial charge in [-0.05, 0) is 18.2 Å². The smallest absolute Gasteiger partial charge is 0.335 e. The van der Waals surface area contributed by atoms with Crippen LogP contribution in [0.4, 0.5) is 11.4 Å². The normalized spacial score (nSPS) is 14.0. The number of hydrogen-bond acceptors (Lipinski definition) is 4. The zero-order valence-corrected chi connectivity index (χ0v) is 10.5. The molecule has 19 heavy (non-hydrogen) atoms. The Balaban J connectivity index is 2.43. The van der Waals surface area contributed by atoms with E-state index in [1.807, 2.05) is 6.07 Å². The molecule has 0 spiro atoms. The van der Waals surface area contributed by atoms with E-state index in [1.54, 1.807) is 18.0 Å². The molecular formula is C13H13N3O3. The summed E-state index contributed by atoms with van der Waals surface area (Å²) in [5.41, 5.74) is 1.48. The van der Waals surface area contributed by atoms with Gasteiger partial charge < -0.3 is 14.9 Å². The maximum atomic E-state index is 11.9. The quantitative estimate of drug-likeness (QED) is 0.878. The van der Waals surface area contributed by atoms with Crippen LogP contribution in [-0.4, -0.2) is 37.1 Å². The average Bonchev–Trinajstić information content (AvgIpc) is 2.40. The minimum absolute atomic E-state index is 0.118. The number of carbonyl (C=O) groups excluding carboxylic acids is 1. The van der Waals surface area contributed by atoms with E-state index in [2.05, 4.69) is 0 Å². The van der Waals surface area contributed by atoms with Gasteiger partial charge in [0.15, 0.2) is 0 Å². The number of nitriles is 1. The van der Waals surface area contributed by atoms with E-state index >= 15 is 0 Å². The van der Waals surface area contributed by atoms with Gasteiger partial charge in [0.25, 0.3) is 0 Å². The summed E-state index contributed by atoms with van der Waals surface area (Å²) in [6, 6.07) is 6.70. The lowest BCUT2D eigenvalue weighted by Crippen LogP contribution is -2.44. The van der Waals surface area contributed by atoms with Gasteiger partial charge in [-0.25, -0.2) is 4.79 Å². The van der Waals surface area contributed by atoms with E-state index < -0.39 is 5.97 Å². The number of likely N-dealkylation sites (N-methyl/N-ethyl adjacent to an activating group) is 1. The molecule has 0 bridgehead atoms. The summed E-state index contributed by atoms with van der Waals surface area (Å²) in [7, 11) is 1.62. The van der Waals surface area contributed by atoms with Crippen LogP contribution in [0.2, 0.25) is 0 Å². The van der Waals surface area contributed by atoms with E-state index in [-0.39, 0.29) is 18.0 Å². The van der Waals surface area contributed by atoms with Crippen molar-refractivity contribution in [1.29, 1.82) is 5.26 Å². The van der Waals surface area contributed by atoms with Gasteiger partial charge in [0, 0.05) is 13.6 Å². The van der Waals surface area contributed by atoms with Crippen molar-refractivity contribution >= 4 is 23.3 Å². The fraction of sp³-hybridized carbons (Fsp3) is 0.308. The third-order valence-electron chi connectivity index (χ3n) is 3.12. The van der Waals surface area contributed by atoms with Crippen LogP contribution < -0.4 is 9.80 Å². The molecular weight excluding hydrogens is 246 g/mol. The van der Waals surface area contributed by atoms with E-state index in [0.29, 0.717) is 18.7 Å². The van der Waals surface area contributed by atoms with Crippen LogP contribution in [0.15, 0.2) is 18.2 Å². The number of amides is 1. The molecule has 0 saturated heterocycles. The topological polar surface area (TPSA) is 84.6 Å². The molecule has 1 aromatic rings. The van der Waals surface area contributed by atoms with Crippen LogP contribution in [0.1, 0.15) is 16.8 Å². The first-order chi connectivity index (χ1) is 9.04. The highest BCUT2D eigenvalue weighted by Crippen LogP contribution is 2.33. The highest BCUT2D eigenvalue weighted by molar-refractivity contribution is 6.04. The predicted octanol–water partition coefficient (Wildman–Crippen LogP) is 1.08. The van der Waals surface area contributed by atoms with Crippen molar-refractivity contribution in [1.82, 2.24) is 0 Å². The molecule has 0 atom stereocenters. The lowest BCUT2D eigenvalue weighted by molar-refractivity contribution is -0.117. The number of aromatic carboxylic acids is 1. The Hall–Kier alpha value is -2.55. The van der Waals surface area contributed by atoms with Crippen molar-refractivity contribution in [3.63, 3.8) is 0 Å². The maximum absolute atomic E-state index is 11.9. The Morgan fingerprint density at radius 3 is 2.84 bits per heavy atom. The summed E-state index contributed by atoms with van der Waals surface area (Å²) in [6.07, 6.45) is 0.317. The first-order valence-corrected chi connectivity index (χ1v) is 5.80. The molecule has 1 N–H and O–H groups in total. The minimum atomic E-state index is -1.03. The Morgan fingerprint density at radius 1 is 1.47 bits per heavy atom. The van der Waals surface area contributed by atoms with Crippen LogP contribution in [-0.2, 0) is 4.79 Å². The fourth-order valence-corrected chi connectivity index (χ4v) is 2.07. The third-order valence-corrected chi connectivity index (χ3v) is 3.12. The zero-order chi connectivity index (χ0) is 14.0. The van der Waals surface area contributed by atoms with Crippen molar-refractivity contribution in [3.8, 4) is 6.07 Å². The number of carboxylic acid groups (broad SMARTS) is 1. The second kappa shape index (κ2) is 4.98. The highest BCUT2D eigenvalue weighted by atomic mass is 16.4. The molecule has 0 saturated carbocycles. The predicted molar refractivity (Wildman–Crippen MR) is 69.3 cm³/mol. The van der Waals surface area contributed by atoms with Crippen LogP contribution >= 0.6 is 0 Å². The molecule has 0 radical (unpaired) electrons. The number of carboxylic acids is 1. The lowest BCUT2D eigenvalue weighted by Gasteiger charge is -2.35. The molecule has 2 rings (SSSR count). The summed E-state index contributed by atoms with van der Waals surface area (Å²) in [5, 5.41) is 17.6. The summed E-state index contributed by atoms with van der Waals surface area (Å²) >= 11 is 0. The Kier molecular flexibility index (Phi) is 3.38. The zero-order valence-electron chi connectivity index (χ0n) is 10.5. The van der Waals surface area contributed by atoms with E-state index in [4.69, 9.17) is 10.4 Å². The number of anilines is 2. The minimum Gasteiger partial charge on any atom is -0.478 e. The summed E-state index contributed by atoms with van der Waals surface area (Å²) in [4.78, 5) is 26.1. The van der Waals surface area contributed by atoms with Gasteiger partial charge in [0.2, 0.25) is 5.91 Å². The SMILES string of the molecule is CN1C(=O)CN(CCC#N)c2ccc(C(=O)O)cc21. The molecule has 1 amide bonds. The van der Waals surface area contributed by atoms with E-state index in [0.717, 1.165) is 5.69 Å². The van der Waals surface area contributed by atoms with Crippen molar-refractivity contribution in [2.24, 2.45) is 0 Å². The Bertz CT molecular complexity index is 577. The van der Waals surface area contributed by atoms with E-state index in [1.165, 1.54) is 17.0 Å². The molecule has 0 unspecified atom stereocenters. The molecule has 0 aliphatic carbocycles. The number of rotatable bonds is 3. The molecule has 0 fully saturated rings. The third kappa shape index (κ3) is 2.36. The van der Waals surface area contributed by atoms with Crippen molar-refractivity contribution in [3.05, 3.63) is 23.8 Å². The van der Waals surface area contributed by atoms with Crippen LogP contribution in [0.25, 0.3) is 0 Å². The highest BCUT2D eigenvalue weighted by Gasteiger charge is 2.27. The molecule has 6 nitrogen and oxygen atoms in total. The van der Waals surface area contributed by atoms with Crippen molar-refractivity contribution in [2.75, 3.05) is 29.9 Å². The van der Waals surface area contributed by atoms with Crippen molar-refractivity contribution in [2.45, 2.75) is 6.42 Å². The monoisotopic (exact) mass is 259 g/mol. The van der Waals surface area contributed by atoms with Gasteiger partial charge in [0.05, 0.1) is 36.0 Å². The number of benzene rings is 1. The number of hydrogen-bond donors (Lipinski definition) is 1. The molecule has 1 aromatic carbocycles. The fourth-order valence-electron chi connectivity index (χ4n) is 2.07. The van der Waals surface area contributed by atoms with Gasteiger partial charge in [-0.3, -0.25) is 4.79 Å². The molecule has 1 heterocycles. The molecule has 1 aliphatic rings. The number of carbonyl (C=O) groups is 2. The van der Waals surface area contributed by atoms with Gasteiger partial charge in [-0.15, -0.1) is 0 Å². The summed E-state index contributed by atoms with van der Waals surface area (Å²) in [6.45, 7) is 0.660. The molecule has 1 aliphatic heterocycles. The number of fused-ring (bicyclic) bond motifs is 1. The lowest BCUT2D eigenvalue weighted by atomic mass is 10.1. The molecule has 6 heteroatoms. The van der Waals surface area contributed by atoms with Gasteiger partial charge in [-0.2, -0.15) is 5.26 Å². The first-order valence-electron chi connectivity index (χ1n) is 5.80. The van der Waals surface area contributed by atoms with Crippen LogP contribution in [0.5, 0.6) is 0 Å². The van der Waals surface area contributed by atoms with Crippen LogP contribution in [0.3, 0.4) is 0 Å². The van der Waals surface area contributed by atoms with Crippen molar-refractivity contribution < 1.29 is 14.7 Å². The Labute approximate surface area is 110 Å². The summed E-state index contributed by atoms with van der Waals surface area (Å²) < 4.78 is 0. The van der Waals surface area contributed by atoms with E-state index in [9.17, 15) is 9.59 Å². The average molecular weight is 259 g/mol. The van der Waals surface area contributed by atoms with Gasteiger partial charge in [0.1, 0.15) is 0 Å². The maximum Gasteiger partial charge on any atom is 0.335 e. The molecule has 0 aromatic heterocycles. The second-order valence-corrected chi connectivity index (χ2v) is 4.29. The number of nitrogens with zero attached hydrogens (tertiary/aromatic N) is 3. The van der Waals surface area contributed by atoms with Gasteiger partial charge >= 0.3 is 5.97 Å². The van der Waals surface area contributed by atoms with Crippen LogP contribution in [0, 0.1) is 11.3 Å². The summed E-state index contributed by atoms with van der Waals surface area (Å²) in [5.74, 6) is -1.15. The molecule has 98 valence electrons. The first kappa shape index (κ1) is 12.9.